The second-order valence-electron chi connectivity index (χ2n) is 5.14. The van der Waals surface area contributed by atoms with Gasteiger partial charge in [0, 0.05) is 29.9 Å². The molecule has 3 nitrogen and oxygen atoms in total. The van der Waals surface area contributed by atoms with Crippen molar-refractivity contribution in [1.82, 2.24) is 0 Å². The molecule has 1 aromatic rings. The second-order valence-corrected chi connectivity index (χ2v) is 5.14. The van der Waals surface area contributed by atoms with Gasteiger partial charge in [-0.05, 0) is 32.8 Å². The zero-order valence-electron chi connectivity index (χ0n) is 11.3. The Bertz CT molecular complexity index is 397. The van der Waals surface area contributed by atoms with Gasteiger partial charge in [-0.3, -0.25) is 0 Å². The van der Waals surface area contributed by atoms with Crippen molar-refractivity contribution in [1.29, 1.82) is 0 Å². The maximum Gasteiger partial charge on any atom is 0.123 e. The van der Waals surface area contributed by atoms with Gasteiger partial charge >= 0.3 is 0 Å². The van der Waals surface area contributed by atoms with Gasteiger partial charge in [0.2, 0.25) is 0 Å². The van der Waals surface area contributed by atoms with E-state index in [0.29, 0.717) is 11.6 Å². The Morgan fingerprint density at radius 1 is 1.33 bits per heavy atom. The summed E-state index contributed by atoms with van der Waals surface area (Å²) in [7, 11) is 0. The van der Waals surface area contributed by atoms with Crippen LogP contribution in [0.15, 0.2) is 18.2 Å². The summed E-state index contributed by atoms with van der Waals surface area (Å²) in [5.41, 5.74) is 1.66. The fourth-order valence-electron chi connectivity index (χ4n) is 2.93. The van der Waals surface area contributed by atoms with Crippen LogP contribution in [0.2, 0.25) is 0 Å². The van der Waals surface area contributed by atoms with Crippen LogP contribution in [-0.4, -0.2) is 22.8 Å². The monoisotopic (exact) mass is 249 g/mol. The lowest BCUT2D eigenvalue weighted by Crippen LogP contribution is -2.32. The molecule has 0 heterocycles. The van der Waals surface area contributed by atoms with Crippen molar-refractivity contribution < 1.29 is 10.2 Å². The van der Waals surface area contributed by atoms with Crippen LogP contribution in [-0.2, 0) is 0 Å². The lowest BCUT2D eigenvalue weighted by molar-refractivity contribution is 0.195. The van der Waals surface area contributed by atoms with Crippen LogP contribution in [0.3, 0.4) is 0 Å². The maximum absolute atomic E-state index is 9.96. The Morgan fingerprint density at radius 3 is 2.50 bits per heavy atom. The van der Waals surface area contributed by atoms with E-state index in [2.05, 4.69) is 11.8 Å². The molecule has 0 bridgehead atoms. The molecular weight excluding hydrogens is 226 g/mol. The van der Waals surface area contributed by atoms with Crippen LogP contribution in [0, 0.1) is 0 Å². The summed E-state index contributed by atoms with van der Waals surface area (Å²) in [5, 5.41) is 19.5. The number of hydrogen-bond donors (Lipinski definition) is 2. The highest BCUT2D eigenvalue weighted by atomic mass is 16.3. The van der Waals surface area contributed by atoms with Crippen LogP contribution in [0.5, 0.6) is 5.75 Å². The highest BCUT2D eigenvalue weighted by Crippen LogP contribution is 2.33. The third-order valence-corrected chi connectivity index (χ3v) is 3.90. The third kappa shape index (κ3) is 2.61. The molecule has 100 valence electrons. The molecule has 1 atom stereocenters. The van der Waals surface area contributed by atoms with E-state index in [4.69, 9.17) is 0 Å². The molecule has 0 aromatic heterocycles. The molecule has 1 saturated carbocycles. The van der Waals surface area contributed by atoms with Crippen LogP contribution in [0.25, 0.3) is 0 Å². The van der Waals surface area contributed by atoms with E-state index in [-0.39, 0.29) is 5.75 Å². The molecular formula is C15H23NO2. The predicted octanol–water partition coefficient (Wildman–Crippen LogP) is 3.21. The minimum Gasteiger partial charge on any atom is -0.507 e. The average Bonchev–Trinajstić information content (AvgIpc) is 2.83. The summed E-state index contributed by atoms with van der Waals surface area (Å²) in [6, 6.07) is 6.22. The number of benzene rings is 1. The topological polar surface area (TPSA) is 43.7 Å². The first-order valence-corrected chi connectivity index (χ1v) is 6.91. The number of phenols is 1. The van der Waals surface area contributed by atoms with Crippen molar-refractivity contribution in [2.24, 2.45) is 0 Å². The standard InChI is InChI=1S/C15H23NO2/c1-3-16(12-6-4-5-7-12)13-8-9-14(11(2)17)15(18)10-13/h8-12,17-18H,3-7H2,1-2H3. The van der Waals surface area contributed by atoms with E-state index >= 15 is 0 Å². The van der Waals surface area contributed by atoms with Gasteiger partial charge in [0.15, 0.2) is 0 Å². The molecule has 0 saturated heterocycles. The molecule has 2 N–H and O–H groups in total. The highest BCUT2D eigenvalue weighted by molar-refractivity contribution is 5.54. The van der Waals surface area contributed by atoms with E-state index in [9.17, 15) is 10.2 Å². The Balaban J connectivity index is 2.23. The number of phenolic OH excluding ortho intramolecular Hbond substituents is 1. The first kappa shape index (κ1) is 13.2. The van der Waals surface area contributed by atoms with Crippen LogP contribution < -0.4 is 4.90 Å². The minimum absolute atomic E-state index is 0.193. The number of aliphatic hydroxyl groups is 1. The average molecular weight is 249 g/mol. The molecule has 3 heteroatoms. The van der Waals surface area contributed by atoms with Gasteiger partial charge in [-0.25, -0.2) is 0 Å². The van der Waals surface area contributed by atoms with Crippen molar-refractivity contribution >= 4 is 5.69 Å². The minimum atomic E-state index is -0.624. The van der Waals surface area contributed by atoms with E-state index in [1.807, 2.05) is 12.1 Å². The molecule has 2 rings (SSSR count). The maximum atomic E-state index is 9.96. The van der Waals surface area contributed by atoms with Crippen molar-refractivity contribution in [3.05, 3.63) is 23.8 Å². The number of anilines is 1. The zero-order chi connectivity index (χ0) is 13.1. The van der Waals surface area contributed by atoms with Crippen LogP contribution in [0.1, 0.15) is 51.2 Å². The lowest BCUT2D eigenvalue weighted by atomic mass is 10.1. The fourth-order valence-corrected chi connectivity index (χ4v) is 2.93. The van der Waals surface area contributed by atoms with Crippen LogP contribution in [0.4, 0.5) is 5.69 Å². The summed E-state index contributed by atoms with van der Waals surface area (Å²) < 4.78 is 0. The zero-order valence-corrected chi connectivity index (χ0v) is 11.3. The van der Waals surface area contributed by atoms with Gasteiger partial charge in [0.25, 0.3) is 0 Å². The summed E-state index contributed by atoms with van der Waals surface area (Å²) in [6.45, 7) is 4.78. The Hall–Kier alpha value is -1.22. The third-order valence-electron chi connectivity index (χ3n) is 3.90. The molecule has 1 aromatic carbocycles. The molecule has 0 spiro atoms. The van der Waals surface area contributed by atoms with Crippen molar-refractivity contribution in [3.63, 3.8) is 0 Å². The normalized spacial score (nSPS) is 17.9. The van der Waals surface area contributed by atoms with Gasteiger partial charge in [-0.15, -0.1) is 0 Å². The molecule has 0 radical (unpaired) electrons. The van der Waals surface area contributed by atoms with E-state index in [0.717, 1.165) is 12.2 Å². The van der Waals surface area contributed by atoms with E-state index < -0.39 is 6.10 Å². The van der Waals surface area contributed by atoms with E-state index in [1.54, 1.807) is 13.0 Å². The van der Waals surface area contributed by atoms with Gasteiger partial charge in [-0.2, -0.15) is 0 Å². The fraction of sp³-hybridized carbons (Fsp3) is 0.600. The smallest absolute Gasteiger partial charge is 0.123 e. The Morgan fingerprint density at radius 2 is 2.00 bits per heavy atom. The van der Waals surface area contributed by atoms with Crippen molar-refractivity contribution in [2.45, 2.75) is 51.7 Å². The molecule has 0 aliphatic heterocycles. The second kappa shape index (κ2) is 5.61. The first-order chi connectivity index (χ1) is 8.63. The number of aliphatic hydroxyl groups excluding tert-OH is 1. The summed E-state index contributed by atoms with van der Waals surface area (Å²) in [6.07, 6.45) is 4.47. The van der Waals surface area contributed by atoms with Crippen molar-refractivity contribution in [3.8, 4) is 5.75 Å². The summed E-state index contributed by atoms with van der Waals surface area (Å²) in [5.74, 6) is 0.193. The van der Waals surface area contributed by atoms with Crippen molar-refractivity contribution in [2.75, 3.05) is 11.4 Å². The SMILES string of the molecule is CCN(c1ccc(C(C)O)c(O)c1)C1CCCC1. The Labute approximate surface area is 109 Å². The number of rotatable bonds is 4. The number of aromatic hydroxyl groups is 1. The molecule has 0 amide bonds. The Kier molecular flexibility index (Phi) is 4.12. The number of nitrogens with zero attached hydrogens (tertiary/aromatic N) is 1. The molecule has 1 fully saturated rings. The molecule has 1 unspecified atom stereocenters. The summed E-state index contributed by atoms with van der Waals surface area (Å²) >= 11 is 0. The lowest BCUT2D eigenvalue weighted by Gasteiger charge is -2.30. The van der Waals surface area contributed by atoms with Gasteiger partial charge in [0.1, 0.15) is 5.75 Å². The van der Waals surface area contributed by atoms with Crippen LogP contribution >= 0.6 is 0 Å². The summed E-state index contributed by atoms with van der Waals surface area (Å²) in [4.78, 5) is 2.36. The first-order valence-electron chi connectivity index (χ1n) is 6.91. The van der Waals surface area contributed by atoms with Gasteiger partial charge < -0.3 is 15.1 Å². The highest BCUT2D eigenvalue weighted by Gasteiger charge is 2.22. The largest absolute Gasteiger partial charge is 0.507 e. The molecule has 18 heavy (non-hydrogen) atoms. The number of hydrogen-bond acceptors (Lipinski definition) is 3. The van der Waals surface area contributed by atoms with Gasteiger partial charge in [-0.1, -0.05) is 18.9 Å². The molecule has 1 aliphatic rings. The van der Waals surface area contributed by atoms with Gasteiger partial charge in [0.05, 0.1) is 6.10 Å². The predicted molar refractivity (Wildman–Crippen MR) is 74.0 cm³/mol. The quantitative estimate of drug-likeness (QED) is 0.861. The van der Waals surface area contributed by atoms with E-state index in [1.165, 1.54) is 25.7 Å². The molecule has 1 aliphatic carbocycles.